The lowest BCUT2D eigenvalue weighted by Crippen LogP contribution is -1.87. The molecule has 0 aliphatic heterocycles. The zero-order valence-corrected chi connectivity index (χ0v) is 31.7. The Morgan fingerprint density at radius 1 is 0.268 bits per heavy atom. The van der Waals surface area contributed by atoms with Gasteiger partial charge in [0, 0.05) is 87.4 Å². The number of hydrogen-bond donors (Lipinski definition) is 0. The van der Waals surface area contributed by atoms with Crippen LogP contribution in [0.15, 0.2) is 183 Å². The third-order valence-corrected chi connectivity index (χ3v) is 14.0. The van der Waals surface area contributed by atoms with Gasteiger partial charge in [-0.25, -0.2) is 0 Å². The summed E-state index contributed by atoms with van der Waals surface area (Å²) in [6, 6.07) is 58.3. The molecule has 0 amide bonds. The monoisotopic (exact) mass is 746 g/mol. The lowest BCUT2D eigenvalue weighted by Gasteiger charge is -2.14. The highest BCUT2D eigenvalue weighted by molar-refractivity contribution is 7.27. The molecule has 0 spiro atoms. The first kappa shape index (κ1) is 31.6. The van der Waals surface area contributed by atoms with Crippen molar-refractivity contribution in [1.82, 2.24) is 9.97 Å². The summed E-state index contributed by atoms with van der Waals surface area (Å²) in [6.45, 7) is 0. The second kappa shape index (κ2) is 12.4. The van der Waals surface area contributed by atoms with Crippen LogP contribution in [0.25, 0.3) is 117 Å². The van der Waals surface area contributed by atoms with Gasteiger partial charge in [0.05, 0.1) is 0 Å². The van der Waals surface area contributed by atoms with Crippen molar-refractivity contribution < 1.29 is 0 Å². The van der Waals surface area contributed by atoms with Crippen LogP contribution in [-0.4, -0.2) is 9.97 Å². The number of thiophene rings is 2. The maximum atomic E-state index is 4.43. The summed E-state index contributed by atoms with van der Waals surface area (Å²) in [5, 5.41) is 12.8. The van der Waals surface area contributed by atoms with Crippen molar-refractivity contribution in [2.45, 2.75) is 0 Å². The second-order valence-corrected chi connectivity index (χ2v) is 16.5. The molecule has 4 heterocycles. The van der Waals surface area contributed by atoms with Crippen LogP contribution in [0, 0.1) is 0 Å². The van der Waals surface area contributed by atoms with Crippen molar-refractivity contribution >= 4 is 95.3 Å². The highest BCUT2D eigenvalue weighted by Gasteiger charge is 2.18. The molecule has 260 valence electrons. The van der Waals surface area contributed by atoms with Crippen LogP contribution >= 0.6 is 22.7 Å². The van der Waals surface area contributed by atoms with Gasteiger partial charge < -0.3 is 0 Å². The van der Waals surface area contributed by atoms with Crippen LogP contribution in [-0.2, 0) is 0 Å². The minimum Gasteiger partial charge on any atom is -0.264 e. The van der Waals surface area contributed by atoms with Crippen LogP contribution in [0.4, 0.5) is 0 Å². The lowest BCUT2D eigenvalue weighted by atomic mass is 9.90. The van der Waals surface area contributed by atoms with Crippen LogP contribution in [0.2, 0.25) is 0 Å². The highest BCUT2D eigenvalue weighted by atomic mass is 32.1. The summed E-state index contributed by atoms with van der Waals surface area (Å²) in [5.74, 6) is 0. The fraction of sp³-hybridized carbons (Fsp3) is 0. The molecular formula is C52H30N2S2. The predicted molar refractivity (Wildman–Crippen MR) is 242 cm³/mol. The van der Waals surface area contributed by atoms with E-state index in [4.69, 9.17) is 0 Å². The van der Waals surface area contributed by atoms with E-state index in [1.54, 1.807) is 0 Å². The molecule has 12 aromatic rings. The first-order chi connectivity index (χ1) is 27.8. The smallest absolute Gasteiger partial charge is 0.0434 e. The zero-order valence-electron chi connectivity index (χ0n) is 30.0. The highest BCUT2D eigenvalue weighted by Crippen LogP contribution is 2.47. The van der Waals surface area contributed by atoms with Gasteiger partial charge in [0.15, 0.2) is 0 Å². The maximum absolute atomic E-state index is 4.43. The Kier molecular flexibility index (Phi) is 7.00. The van der Waals surface area contributed by atoms with Crippen molar-refractivity contribution in [1.29, 1.82) is 0 Å². The summed E-state index contributed by atoms with van der Waals surface area (Å²) in [5.41, 5.74) is 9.74. The van der Waals surface area contributed by atoms with E-state index in [-0.39, 0.29) is 0 Å². The van der Waals surface area contributed by atoms with Crippen molar-refractivity contribution in [3.8, 4) is 44.5 Å². The van der Waals surface area contributed by atoms with Crippen molar-refractivity contribution in [2.75, 3.05) is 0 Å². The average molecular weight is 747 g/mol. The maximum Gasteiger partial charge on any atom is 0.0434 e. The molecule has 0 saturated heterocycles. The fourth-order valence-corrected chi connectivity index (χ4v) is 11.6. The first-order valence-corrected chi connectivity index (χ1v) is 20.5. The topological polar surface area (TPSA) is 25.8 Å². The quantitative estimate of drug-likeness (QED) is 0.168. The predicted octanol–water partition coefficient (Wildman–Crippen LogP) is 15.3. The number of aromatic nitrogens is 2. The number of pyridine rings is 2. The first-order valence-electron chi connectivity index (χ1n) is 18.9. The van der Waals surface area contributed by atoms with E-state index in [1.807, 2.05) is 59.6 Å². The number of hydrogen-bond acceptors (Lipinski definition) is 4. The Bertz CT molecular complexity index is 3290. The Morgan fingerprint density at radius 2 is 0.625 bits per heavy atom. The van der Waals surface area contributed by atoms with Gasteiger partial charge in [-0.2, -0.15) is 0 Å². The third kappa shape index (κ3) is 4.73. The molecule has 0 aliphatic carbocycles. The standard InChI is InChI=1S/C52H30N2S2/c1-2-12-40-39(11-1)41-23-21-31(35-13-3-17-43-45-19-5-15-37(51(45)55-49(35)43)33-9-7-25-53-29-33)27-47(41)48-28-32(22-24-42(40)48)36-14-4-18-44-46-20-6-16-38(52(46)56-50(36)44)34-10-8-26-54-30-34/h1-30H. The van der Waals surface area contributed by atoms with E-state index in [9.17, 15) is 0 Å². The van der Waals surface area contributed by atoms with E-state index in [2.05, 4.69) is 156 Å². The minimum atomic E-state index is 1.14. The molecule has 56 heavy (non-hydrogen) atoms. The average Bonchev–Trinajstić information content (AvgIpc) is 3.86. The summed E-state index contributed by atoms with van der Waals surface area (Å²) in [4.78, 5) is 8.86. The summed E-state index contributed by atoms with van der Waals surface area (Å²) < 4.78 is 5.22. The Labute approximate surface area is 330 Å². The largest absolute Gasteiger partial charge is 0.264 e. The fourth-order valence-electron chi connectivity index (χ4n) is 8.89. The number of rotatable bonds is 4. The van der Waals surface area contributed by atoms with Crippen molar-refractivity contribution in [3.05, 3.63) is 183 Å². The van der Waals surface area contributed by atoms with Gasteiger partial charge in [0.25, 0.3) is 0 Å². The van der Waals surface area contributed by atoms with Crippen LogP contribution in [0.3, 0.4) is 0 Å². The van der Waals surface area contributed by atoms with E-state index < -0.39 is 0 Å². The van der Waals surface area contributed by atoms with Gasteiger partial charge in [-0.05, 0) is 78.8 Å². The van der Waals surface area contributed by atoms with Crippen molar-refractivity contribution in [2.24, 2.45) is 0 Å². The van der Waals surface area contributed by atoms with Gasteiger partial charge in [-0.3, -0.25) is 9.97 Å². The molecule has 8 aromatic carbocycles. The van der Waals surface area contributed by atoms with E-state index in [0.717, 1.165) is 11.1 Å². The van der Waals surface area contributed by atoms with Crippen LogP contribution in [0.5, 0.6) is 0 Å². The van der Waals surface area contributed by atoms with Crippen LogP contribution < -0.4 is 0 Å². The summed E-state index contributed by atoms with van der Waals surface area (Å²) in [6.07, 6.45) is 7.61. The molecule has 2 nitrogen and oxygen atoms in total. The normalized spacial score (nSPS) is 11.9. The SMILES string of the molecule is c1cncc(-c2cccc3c2sc2c(-c4ccc5c6ccccc6c6ccc(-c7cccc8c7sc7c(-c9cccnc9)cccc78)cc6c5c4)cccc23)c1. The molecule has 0 saturated carbocycles. The third-order valence-electron chi connectivity index (χ3n) is 11.5. The molecule has 0 radical (unpaired) electrons. The Morgan fingerprint density at radius 3 is 1.00 bits per heavy atom. The molecule has 0 N–H and O–H groups in total. The van der Waals surface area contributed by atoms with Gasteiger partial charge in [-0.1, -0.05) is 133 Å². The molecule has 0 bridgehead atoms. The molecule has 4 aromatic heterocycles. The van der Waals surface area contributed by atoms with E-state index >= 15 is 0 Å². The van der Waals surface area contributed by atoms with E-state index in [0.29, 0.717) is 0 Å². The number of benzene rings is 8. The molecule has 0 fully saturated rings. The minimum absolute atomic E-state index is 1.14. The second-order valence-electron chi connectivity index (χ2n) is 14.5. The summed E-state index contributed by atoms with van der Waals surface area (Å²) in [7, 11) is 0. The van der Waals surface area contributed by atoms with Crippen LogP contribution in [0.1, 0.15) is 0 Å². The van der Waals surface area contributed by atoms with Gasteiger partial charge >= 0.3 is 0 Å². The van der Waals surface area contributed by atoms with E-state index in [1.165, 1.54) is 106 Å². The molecule has 4 heteroatoms. The molecule has 12 rings (SSSR count). The molecule has 0 unspecified atom stereocenters. The summed E-state index contributed by atoms with van der Waals surface area (Å²) >= 11 is 3.78. The van der Waals surface area contributed by atoms with Gasteiger partial charge in [-0.15, -0.1) is 22.7 Å². The molecule has 0 atom stereocenters. The van der Waals surface area contributed by atoms with Gasteiger partial charge in [0.1, 0.15) is 0 Å². The Hall–Kier alpha value is -6.72. The van der Waals surface area contributed by atoms with Crippen molar-refractivity contribution in [3.63, 3.8) is 0 Å². The Balaban J connectivity index is 1.09. The number of nitrogens with zero attached hydrogens (tertiary/aromatic N) is 2. The molecule has 0 aliphatic rings. The van der Waals surface area contributed by atoms with Gasteiger partial charge in [0.2, 0.25) is 0 Å². The molecular weight excluding hydrogens is 717 g/mol. The lowest BCUT2D eigenvalue weighted by molar-refractivity contribution is 1.33. The zero-order chi connectivity index (χ0) is 36.7. The number of fused-ring (bicyclic) bond motifs is 12.